The molecule has 1 fully saturated rings. The van der Waals surface area contributed by atoms with Gasteiger partial charge in [0, 0.05) is 31.1 Å². The van der Waals surface area contributed by atoms with Crippen LogP contribution in [0.4, 0.5) is 5.69 Å². The smallest absolute Gasteiger partial charge is 0.352 e. The van der Waals surface area contributed by atoms with Gasteiger partial charge >= 0.3 is 5.97 Å². The number of hydrogen-bond donors (Lipinski definition) is 1. The Hall–Kier alpha value is -2.34. The van der Waals surface area contributed by atoms with Crippen molar-refractivity contribution in [2.45, 2.75) is 6.92 Å². The summed E-state index contributed by atoms with van der Waals surface area (Å²) in [7, 11) is 1.70. The Morgan fingerprint density at radius 1 is 1.27 bits per heavy atom. The summed E-state index contributed by atoms with van der Waals surface area (Å²) in [5, 5.41) is 9.99. The normalized spacial score (nSPS) is 15.3. The van der Waals surface area contributed by atoms with Crippen LogP contribution in [0, 0.1) is 6.92 Å². The number of rotatable bonds is 2. The zero-order valence-electron chi connectivity index (χ0n) is 12.6. The molecule has 1 aromatic carbocycles. The Bertz CT molecular complexity index is 804. The molecule has 1 aliphatic rings. The minimum Gasteiger partial charge on any atom is -0.477 e. The van der Waals surface area contributed by atoms with Crippen LogP contribution in [-0.4, -0.2) is 41.9 Å². The molecule has 0 atom stereocenters. The number of morpholine rings is 1. The molecule has 1 N–H and O–H groups in total. The number of hydrogen-bond acceptors (Lipinski definition) is 4. The number of ether oxygens (including phenoxy) is 1. The van der Waals surface area contributed by atoms with E-state index in [1.54, 1.807) is 24.6 Å². The number of pyridine rings is 1. The van der Waals surface area contributed by atoms with Gasteiger partial charge < -0.3 is 19.3 Å². The van der Waals surface area contributed by atoms with Gasteiger partial charge in [0.1, 0.15) is 5.69 Å². The van der Waals surface area contributed by atoms with Crippen molar-refractivity contribution in [3.8, 4) is 0 Å². The molecule has 22 heavy (non-hydrogen) atoms. The summed E-state index contributed by atoms with van der Waals surface area (Å²) < 4.78 is 6.97. The first-order valence-corrected chi connectivity index (χ1v) is 7.20. The second-order valence-corrected chi connectivity index (χ2v) is 5.44. The Morgan fingerprint density at radius 3 is 2.59 bits per heavy atom. The summed E-state index contributed by atoms with van der Waals surface area (Å²) in [5.41, 5.74) is 1.63. The van der Waals surface area contributed by atoms with Gasteiger partial charge in [0.25, 0.3) is 0 Å². The van der Waals surface area contributed by atoms with Crippen LogP contribution in [0.2, 0.25) is 0 Å². The van der Waals surface area contributed by atoms with Crippen LogP contribution < -0.4 is 10.3 Å². The second kappa shape index (κ2) is 5.46. The van der Waals surface area contributed by atoms with Gasteiger partial charge in [-0.1, -0.05) is 6.07 Å². The lowest BCUT2D eigenvalue weighted by molar-refractivity contribution is 0.0685. The second-order valence-electron chi connectivity index (χ2n) is 5.44. The van der Waals surface area contributed by atoms with E-state index in [0.29, 0.717) is 24.1 Å². The fraction of sp³-hybridized carbons (Fsp3) is 0.375. The van der Waals surface area contributed by atoms with Gasteiger partial charge in [-0.3, -0.25) is 4.79 Å². The van der Waals surface area contributed by atoms with Gasteiger partial charge in [-0.2, -0.15) is 0 Å². The van der Waals surface area contributed by atoms with E-state index >= 15 is 0 Å². The van der Waals surface area contributed by atoms with Gasteiger partial charge in [0.2, 0.25) is 0 Å². The van der Waals surface area contributed by atoms with Crippen LogP contribution in [-0.2, 0) is 11.8 Å². The molecule has 0 aliphatic carbocycles. The van der Waals surface area contributed by atoms with Crippen LogP contribution in [0.3, 0.4) is 0 Å². The molecule has 1 saturated heterocycles. The highest BCUT2D eigenvalue weighted by atomic mass is 16.5. The Balaban J connectivity index is 2.35. The first-order chi connectivity index (χ1) is 10.5. The van der Waals surface area contributed by atoms with Crippen LogP contribution in [0.25, 0.3) is 10.9 Å². The van der Waals surface area contributed by atoms with E-state index in [-0.39, 0.29) is 16.7 Å². The van der Waals surface area contributed by atoms with Crippen molar-refractivity contribution in [3.05, 3.63) is 39.7 Å². The van der Waals surface area contributed by atoms with Crippen molar-refractivity contribution in [3.63, 3.8) is 0 Å². The minimum atomic E-state index is -1.09. The van der Waals surface area contributed by atoms with Crippen molar-refractivity contribution < 1.29 is 14.6 Å². The summed E-state index contributed by atoms with van der Waals surface area (Å²) in [6, 6.07) is 5.52. The third-order valence-corrected chi connectivity index (χ3v) is 4.18. The van der Waals surface area contributed by atoms with E-state index in [4.69, 9.17) is 4.74 Å². The van der Waals surface area contributed by atoms with Crippen LogP contribution in [0.5, 0.6) is 0 Å². The fourth-order valence-corrected chi connectivity index (χ4v) is 3.10. The number of fused-ring (bicyclic) bond motifs is 1. The monoisotopic (exact) mass is 302 g/mol. The summed E-state index contributed by atoms with van der Waals surface area (Å²) in [6.45, 7) is 4.27. The topological polar surface area (TPSA) is 71.8 Å². The number of aromatic nitrogens is 1. The molecular weight excluding hydrogens is 284 g/mol. The van der Waals surface area contributed by atoms with E-state index in [9.17, 15) is 14.7 Å². The number of anilines is 1. The molecule has 0 radical (unpaired) electrons. The molecule has 3 rings (SSSR count). The quantitative estimate of drug-likeness (QED) is 0.907. The van der Waals surface area contributed by atoms with Gasteiger partial charge in [0.15, 0.2) is 5.43 Å². The summed E-state index contributed by atoms with van der Waals surface area (Å²) in [6.07, 6.45) is 0. The number of nitrogens with zero attached hydrogens (tertiary/aromatic N) is 2. The first-order valence-electron chi connectivity index (χ1n) is 7.20. The lowest BCUT2D eigenvalue weighted by atomic mass is 10.1. The zero-order valence-corrected chi connectivity index (χ0v) is 12.6. The highest BCUT2D eigenvalue weighted by Crippen LogP contribution is 2.27. The van der Waals surface area contributed by atoms with Crippen molar-refractivity contribution in [1.82, 2.24) is 4.57 Å². The van der Waals surface area contributed by atoms with E-state index in [0.717, 1.165) is 18.8 Å². The van der Waals surface area contributed by atoms with E-state index in [1.165, 1.54) is 0 Å². The molecule has 0 amide bonds. The number of carboxylic acid groups (broad SMARTS) is 1. The van der Waals surface area contributed by atoms with Crippen molar-refractivity contribution in [1.29, 1.82) is 0 Å². The molecule has 0 spiro atoms. The maximum atomic E-state index is 12.5. The van der Waals surface area contributed by atoms with Crippen LogP contribution >= 0.6 is 0 Å². The average molecular weight is 302 g/mol. The number of carbonyl (C=O) groups is 1. The Morgan fingerprint density at radius 2 is 1.95 bits per heavy atom. The molecule has 2 heterocycles. The predicted octanol–water partition coefficient (Wildman–Crippen LogP) is 1.38. The fourth-order valence-electron chi connectivity index (χ4n) is 3.10. The molecule has 0 bridgehead atoms. The van der Waals surface area contributed by atoms with Crippen molar-refractivity contribution in [2.24, 2.45) is 7.05 Å². The predicted molar refractivity (Wildman–Crippen MR) is 83.9 cm³/mol. The highest BCUT2D eigenvalue weighted by molar-refractivity contribution is 5.97. The highest BCUT2D eigenvalue weighted by Gasteiger charge is 2.21. The van der Waals surface area contributed by atoms with Gasteiger partial charge in [-0.05, 0) is 19.1 Å². The Labute approximate surface area is 127 Å². The number of carboxylic acids is 1. The van der Waals surface area contributed by atoms with Gasteiger partial charge in [-0.25, -0.2) is 4.79 Å². The van der Waals surface area contributed by atoms with E-state index in [1.807, 2.05) is 12.1 Å². The van der Waals surface area contributed by atoms with E-state index in [2.05, 4.69) is 4.90 Å². The molecule has 0 saturated carbocycles. The summed E-state index contributed by atoms with van der Waals surface area (Å²) >= 11 is 0. The lowest BCUT2D eigenvalue weighted by Crippen LogP contribution is -2.37. The van der Waals surface area contributed by atoms with Crippen LogP contribution in [0.1, 0.15) is 16.1 Å². The largest absolute Gasteiger partial charge is 0.477 e. The van der Waals surface area contributed by atoms with Gasteiger partial charge in [-0.15, -0.1) is 0 Å². The molecule has 1 aliphatic heterocycles. The third-order valence-electron chi connectivity index (χ3n) is 4.18. The Kier molecular flexibility index (Phi) is 3.62. The maximum Gasteiger partial charge on any atom is 0.352 e. The number of para-hydroxylation sites is 1. The first kappa shape index (κ1) is 14.6. The number of aromatic carboxylic acids is 1. The standard InChI is InChI=1S/C16H18N2O4/c1-10-13(16(20)21)17(2)14-11(15(10)19)4-3-5-12(14)18-6-8-22-9-7-18/h3-5H,6-9H2,1-2H3,(H,20,21). The van der Waals surface area contributed by atoms with Crippen molar-refractivity contribution >= 4 is 22.6 Å². The molecule has 0 unspecified atom stereocenters. The molecule has 6 nitrogen and oxygen atoms in total. The zero-order chi connectivity index (χ0) is 15.9. The van der Waals surface area contributed by atoms with Gasteiger partial charge in [0.05, 0.1) is 24.4 Å². The molecule has 116 valence electrons. The third kappa shape index (κ3) is 2.16. The van der Waals surface area contributed by atoms with Crippen molar-refractivity contribution in [2.75, 3.05) is 31.2 Å². The molecule has 6 heteroatoms. The van der Waals surface area contributed by atoms with E-state index < -0.39 is 5.97 Å². The summed E-state index contributed by atoms with van der Waals surface area (Å²) in [5.74, 6) is -1.09. The summed E-state index contributed by atoms with van der Waals surface area (Å²) in [4.78, 5) is 26.2. The number of aryl methyl sites for hydroxylation is 1. The van der Waals surface area contributed by atoms with Crippen LogP contribution in [0.15, 0.2) is 23.0 Å². The molecule has 1 aromatic heterocycles. The maximum absolute atomic E-state index is 12.5. The minimum absolute atomic E-state index is 0.0400. The molecular formula is C16H18N2O4. The average Bonchev–Trinajstić information content (AvgIpc) is 2.52. The number of benzene rings is 1. The lowest BCUT2D eigenvalue weighted by Gasteiger charge is -2.30. The molecule has 2 aromatic rings. The SMILES string of the molecule is Cc1c(C(=O)O)n(C)c2c(N3CCOCC3)cccc2c1=O.